The lowest BCUT2D eigenvalue weighted by molar-refractivity contribution is -0.125. The fourth-order valence-corrected chi connectivity index (χ4v) is 3.89. The quantitative estimate of drug-likeness (QED) is 0.410. The molecule has 3 heterocycles. The number of guanidine groups is 1. The van der Waals surface area contributed by atoms with Crippen LogP contribution in [0, 0.1) is 5.92 Å². The van der Waals surface area contributed by atoms with E-state index in [1.54, 1.807) is 6.26 Å². The Labute approximate surface area is 158 Å². The summed E-state index contributed by atoms with van der Waals surface area (Å²) in [4.78, 5) is 30.8. The number of nitrogens with zero attached hydrogens (tertiary/aromatic N) is 2. The summed E-state index contributed by atoms with van der Waals surface area (Å²) in [7, 11) is 0. The predicted molar refractivity (Wildman–Crippen MR) is 100 cm³/mol. The van der Waals surface area contributed by atoms with Gasteiger partial charge in [0.25, 0.3) is 5.91 Å². The zero-order valence-electron chi connectivity index (χ0n) is 15.7. The predicted octanol–water partition coefficient (Wildman–Crippen LogP) is 1.24. The zero-order valence-corrected chi connectivity index (χ0v) is 15.7. The van der Waals surface area contributed by atoms with Gasteiger partial charge in [-0.05, 0) is 50.7 Å². The van der Waals surface area contributed by atoms with E-state index in [0.29, 0.717) is 12.6 Å². The van der Waals surface area contributed by atoms with Crippen molar-refractivity contribution in [2.45, 2.75) is 50.6 Å². The third kappa shape index (κ3) is 3.94. The molecule has 1 atom stereocenters. The number of aliphatic imine (C=N–C) groups is 1. The second-order valence-corrected chi connectivity index (χ2v) is 7.83. The number of amides is 3. The number of furan rings is 1. The van der Waals surface area contributed by atoms with Crippen LogP contribution in [-0.2, 0) is 11.2 Å². The highest BCUT2D eigenvalue weighted by molar-refractivity contribution is 6.07. The van der Waals surface area contributed by atoms with Gasteiger partial charge in [0.15, 0.2) is 5.96 Å². The van der Waals surface area contributed by atoms with E-state index >= 15 is 0 Å². The number of carbonyl (C=O) groups is 2. The van der Waals surface area contributed by atoms with Crippen molar-refractivity contribution in [3.05, 3.63) is 24.2 Å². The summed E-state index contributed by atoms with van der Waals surface area (Å²) in [6.45, 7) is 4.15. The molecule has 3 aliphatic rings. The Balaban J connectivity index is 1.36. The molecule has 0 radical (unpaired) electrons. The van der Waals surface area contributed by atoms with Crippen LogP contribution in [0.25, 0.3) is 0 Å². The highest BCUT2D eigenvalue weighted by Crippen LogP contribution is 2.31. The van der Waals surface area contributed by atoms with E-state index in [0.717, 1.165) is 44.1 Å². The first-order valence-electron chi connectivity index (χ1n) is 9.76. The molecule has 1 unspecified atom stereocenters. The van der Waals surface area contributed by atoms with Gasteiger partial charge in [0.05, 0.1) is 6.26 Å². The van der Waals surface area contributed by atoms with Gasteiger partial charge in [-0.1, -0.05) is 0 Å². The summed E-state index contributed by atoms with van der Waals surface area (Å²) >= 11 is 0. The van der Waals surface area contributed by atoms with Gasteiger partial charge in [-0.3, -0.25) is 15.1 Å². The third-order valence-corrected chi connectivity index (χ3v) is 5.79. The second kappa shape index (κ2) is 7.25. The van der Waals surface area contributed by atoms with Gasteiger partial charge in [-0.2, -0.15) is 0 Å². The summed E-state index contributed by atoms with van der Waals surface area (Å²) in [5, 5.41) is 8.73. The van der Waals surface area contributed by atoms with Crippen molar-refractivity contribution in [2.24, 2.45) is 10.9 Å². The molecule has 27 heavy (non-hydrogen) atoms. The smallest absolute Gasteiger partial charge is 0.322 e. The topological polar surface area (TPSA) is 99.0 Å². The van der Waals surface area contributed by atoms with Crippen molar-refractivity contribution in [3.63, 3.8) is 0 Å². The minimum atomic E-state index is -0.802. The zero-order chi connectivity index (χ0) is 18.9. The summed E-state index contributed by atoms with van der Waals surface area (Å²) in [5.41, 5.74) is -0.802. The molecule has 1 aliphatic carbocycles. The van der Waals surface area contributed by atoms with Gasteiger partial charge in [-0.15, -0.1) is 0 Å². The molecule has 0 bridgehead atoms. The summed E-state index contributed by atoms with van der Waals surface area (Å²) in [6, 6.07) is 4.01. The molecule has 0 spiro atoms. The first kappa shape index (κ1) is 17.9. The Bertz CT molecular complexity index is 720. The number of likely N-dealkylation sites (tertiary alicyclic amines) is 1. The highest BCUT2D eigenvalue weighted by atomic mass is 16.3. The number of piperidine rings is 1. The molecule has 3 N–H and O–H groups in total. The Morgan fingerprint density at radius 1 is 1.33 bits per heavy atom. The average molecular weight is 373 g/mol. The van der Waals surface area contributed by atoms with Crippen molar-refractivity contribution in [1.29, 1.82) is 0 Å². The Kier molecular flexibility index (Phi) is 4.80. The molecule has 1 saturated carbocycles. The SMILES string of the molecule is CC1(C2CCN(C(=NCCc3ccco3)NC3CC3)CC2)NC(=O)NC1=O. The molecule has 0 aromatic carbocycles. The number of rotatable bonds is 5. The normalized spacial score (nSPS) is 26.9. The molecule has 8 nitrogen and oxygen atoms in total. The lowest BCUT2D eigenvalue weighted by Gasteiger charge is -2.39. The van der Waals surface area contributed by atoms with E-state index in [1.165, 1.54) is 12.8 Å². The standard InChI is InChI=1S/C19H27N5O3/c1-19(16(25)22-18(26)23-19)13-7-10-24(11-8-13)17(21-14-4-5-14)20-9-6-15-3-2-12-27-15/h2-3,12-14H,4-11H2,1H3,(H,20,21)(H2,22,23,25,26). The first-order valence-corrected chi connectivity index (χ1v) is 9.76. The molecular weight excluding hydrogens is 346 g/mol. The van der Waals surface area contributed by atoms with E-state index in [4.69, 9.17) is 9.41 Å². The summed E-state index contributed by atoms with van der Waals surface area (Å²) in [5.74, 6) is 1.81. The molecular formula is C19H27N5O3. The van der Waals surface area contributed by atoms with Crippen molar-refractivity contribution < 1.29 is 14.0 Å². The van der Waals surface area contributed by atoms with E-state index in [9.17, 15) is 9.59 Å². The van der Waals surface area contributed by atoms with Crippen molar-refractivity contribution >= 4 is 17.9 Å². The van der Waals surface area contributed by atoms with Gasteiger partial charge in [0.2, 0.25) is 0 Å². The monoisotopic (exact) mass is 373 g/mol. The van der Waals surface area contributed by atoms with Crippen LogP contribution in [0.3, 0.4) is 0 Å². The fraction of sp³-hybridized carbons (Fsp3) is 0.632. The van der Waals surface area contributed by atoms with Gasteiger partial charge < -0.3 is 20.0 Å². The maximum Gasteiger partial charge on any atom is 0.322 e. The van der Waals surface area contributed by atoms with E-state index in [1.807, 2.05) is 19.1 Å². The third-order valence-electron chi connectivity index (χ3n) is 5.79. The number of carbonyl (C=O) groups excluding carboxylic acids is 2. The number of hydrogen-bond acceptors (Lipinski definition) is 4. The second-order valence-electron chi connectivity index (χ2n) is 7.83. The fourth-order valence-electron chi connectivity index (χ4n) is 3.89. The van der Waals surface area contributed by atoms with Crippen LogP contribution in [-0.4, -0.2) is 54.0 Å². The number of imide groups is 1. The molecule has 8 heteroatoms. The average Bonchev–Trinajstić information content (AvgIpc) is 3.23. The molecule has 4 rings (SSSR count). The maximum absolute atomic E-state index is 12.2. The van der Waals surface area contributed by atoms with Gasteiger partial charge >= 0.3 is 6.03 Å². The minimum absolute atomic E-state index is 0.130. The van der Waals surface area contributed by atoms with Crippen molar-refractivity contribution in [3.8, 4) is 0 Å². The lowest BCUT2D eigenvalue weighted by atomic mass is 9.79. The van der Waals surface area contributed by atoms with E-state index in [-0.39, 0.29) is 17.9 Å². The molecule has 1 aromatic heterocycles. The summed E-state index contributed by atoms with van der Waals surface area (Å²) < 4.78 is 5.38. The molecule has 3 amide bonds. The van der Waals surface area contributed by atoms with Crippen LogP contribution < -0.4 is 16.0 Å². The van der Waals surface area contributed by atoms with Crippen molar-refractivity contribution in [2.75, 3.05) is 19.6 Å². The molecule has 146 valence electrons. The largest absolute Gasteiger partial charge is 0.469 e. The van der Waals surface area contributed by atoms with Crippen LogP contribution in [0.5, 0.6) is 0 Å². The highest BCUT2D eigenvalue weighted by Gasteiger charge is 2.48. The van der Waals surface area contributed by atoms with Crippen LogP contribution in [0.2, 0.25) is 0 Å². The number of urea groups is 1. The lowest BCUT2D eigenvalue weighted by Crippen LogP contribution is -2.55. The van der Waals surface area contributed by atoms with Crippen LogP contribution in [0.4, 0.5) is 4.79 Å². The maximum atomic E-state index is 12.2. The Hall–Kier alpha value is -2.51. The number of hydrogen-bond donors (Lipinski definition) is 3. The molecule has 2 aliphatic heterocycles. The van der Waals surface area contributed by atoms with Crippen LogP contribution in [0.15, 0.2) is 27.8 Å². The van der Waals surface area contributed by atoms with E-state index < -0.39 is 5.54 Å². The van der Waals surface area contributed by atoms with Gasteiger partial charge in [0, 0.05) is 32.1 Å². The molecule has 3 fully saturated rings. The van der Waals surface area contributed by atoms with Gasteiger partial charge in [0.1, 0.15) is 11.3 Å². The number of nitrogens with one attached hydrogen (secondary N) is 3. The Morgan fingerprint density at radius 3 is 2.70 bits per heavy atom. The summed E-state index contributed by atoms with van der Waals surface area (Å²) in [6.07, 6.45) is 6.53. The molecule has 2 saturated heterocycles. The van der Waals surface area contributed by atoms with E-state index in [2.05, 4.69) is 20.9 Å². The minimum Gasteiger partial charge on any atom is -0.469 e. The first-order chi connectivity index (χ1) is 13.0. The molecule has 1 aromatic rings. The van der Waals surface area contributed by atoms with Crippen LogP contribution >= 0.6 is 0 Å². The van der Waals surface area contributed by atoms with Gasteiger partial charge in [-0.25, -0.2) is 4.79 Å². The van der Waals surface area contributed by atoms with Crippen molar-refractivity contribution in [1.82, 2.24) is 20.9 Å². The van der Waals surface area contributed by atoms with Crippen LogP contribution in [0.1, 0.15) is 38.4 Å². The Morgan fingerprint density at radius 2 is 2.11 bits per heavy atom.